The SMILES string of the molecule is CCC1CC1NCC1CCC(CN)CC1. The van der Waals surface area contributed by atoms with Crippen molar-refractivity contribution in [1.29, 1.82) is 0 Å². The van der Waals surface area contributed by atoms with E-state index in [4.69, 9.17) is 5.73 Å². The Morgan fingerprint density at radius 3 is 2.33 bits per heavy atom. The number of nitrogens with two attached hydrogens (primary N) is 1. The van der Waals surface area contributed by atoms with Crippen molar-refractivity contribution in [2.75, 3.05) is 13.1 Å². The van der Waals surface area contributed by atoms with Crippen molar-refractivity contribution in [2.45, 2.75) is 51.5 Å². The summed E-state index contributed by atoms with van der Waals surface area (Å²) in [7, 11) is 0. The fourth-order valence-corrected chi connectivity index (χ4v) is 2.94. The van der Waals surface area contributed by atoms with E-state index in [9.17, 15) is 0 Å². The van der Waals surface area contributed by atoms with Crippen LogP contribution in [-0.4, -0.2) is 19.1 Å². The summed E-state index contributed by atoms with van der Waals surface area (Å²) < 4.78 is 0. The van der Waals surface area contributed by atoms with Crippen LogP contribution in [0.4, 0.5) is 0 Å². The minimum atomic E-state index is 0.825. The van der Waals surface area contributed by atoms with E-state index >= 15 is 0 Å². The molecule has 2 aliphatic carbocycles. The second-order valence-electron chi connectivity index (χ2n) is 5.54. The molecule has 2 atom stereocenters. The highest BCUT2D eigenvalue weighted by Crippen LogP contribution is 2.34. The third-order valence-corrected chi connectivity index (χ3v) is 4.42. The zero-order valence-electron chi connectivity index (χ0n) is 10.0. The molecule has 2 nitrogen and oxygen atoms in total. The van der Waals surface area contributed by atoms with Crippen molar-refractivity contribution < 1.29 is 0 Å². The maximum atomic E-state index is 5.70. The molecule has 0 heterocycles. The topological polar surface area (TPSA) is 38.0 Å². The van der Waals surface area contributed by atoms with Gasteiger partial charge in [0, 0.05) is 6.04 Å². The van der Waals surface area contributed by atoms with Crippen LogP contribution in [0.3, 0.4) is 0 Å². The quantitative estimate of drug-likeness (QED) is 0.729. The van der Waals surface area contributed by atoms with Crippen LogP contribution in [0.15, 0.2) is 0 Å². The Morgan fingerprint density at radius 2 is 1.80 bits per heavy atom. The van der Waals surface area contributed by atoms with Crippen LogP contribution in [0.2, 0.25) is 0 Å². The minimum Gasteiger partial charge on any atom is -0.330 e. The van der Waals surface area contributed by atoms with Crippen LogP contribution >= 0.6 is 0 Å². The highest BCUT2D eigenvalue weighted by atomic mass is 15.0. The first-order valence-electron chi connectivity index (χ1n) is 6.77. The summed E-state index contributed by atoms with van der Waals surface area (Å²) in [6, 6.07) is 0.863. The van der Waals surface area contributed by atoms with Crippen LogP contribution < -0.4 is 11.1 Å². The van der Waals surface area contributed by atoms with Gasteiger partial charge < -0.3 is 11.1 Å². The molecule has 0 spiro atoms. The number of hydrogen-bond acceptors (Lipinski definition) is 2. The largest absolute Gasteiger partial charge is 0.330 e. The summed E-state index contributed by atoms with van der Waals surface area (Å²) in [5.74, 6) is 2.75. The molecule has 2 aliphatic rings. The smallest absolute Gasteiger partial charge is 0.00991 e. The maximum absolute atomic E-state index is 5.70. The molecule has 2 heteroatoms. The fraction of sp³-hybridized carbons (Fsp3) is 1.00. The van der Waals surface area contributed by atoms with E-state index in [1.54, 1.807) is 0 Å². The van der Waals surface area contributed by atoms with Gasteiger partial charge in [0.05, 0.1) is 0 Å². The molecule has 2 fully saturated rings. The number of hydrogen-bond donors (Lipinski definition) is 2. The number of rotatable bonds is 5. The predicted octanol–water partition coefficient (Wildman–Crippen LogP) is 2.14. The van der Waals surface area contributed by atoms with E-state index in [0.717, 1.165) is 30.3 Å². The van der Waals surface area contributed by atoms with Crippen molar-refractivity contribution in [2.24, 2.45) is 23.5 Å². The van der Waals surface area contributed by atoms with Gasteiger partial charge in [0.2, 0.25) is 0 Å². The summed E-state index contributed by atoms with van der Waals surface area (Å²) in [4.78, 5) is 0. The van der Waals surface area contributed by atoms with E-state index < -0.39 is 0 Å². The molecule has 0 aromatic carbocycles. The van der Waals surface area contributed by atoms with Crippen molar-refractivity contribution in [3.63, 3.8) is 0 Å². The van der Waals surface area contributed by atoms with Crippen LogP contribution in [0.5, 0.6) is 0 Å². The van der Waals surface area contributed by atoms with Gasteiger partial charge in [-0.2, -0.15) is 0 Å². The second kappa shape index (κ2) is 5.31. The highest BCUT2D eigenvalue weighted by Gasteiger charge is 2.35. The van der Waals surface area contributed by atoms with E-state index in [1.165, 1.54) is 45.1 Å². The lowest BCUT2D eigenvalue weighted by Gasteiger charge is -2.27. The molecular formula is C13H26N2. The van der Waals surface area contributed by atoms with Crippen LogP contribution in [-0.2, 0) is 0 Å². The molecule has 0 aromatic rings. The molecule has 0 radical (unpaired) electrons. The first-order valence-corrected chi connectivity index (χ1v) is 6.77. The highest BCUT2D eigenvalue weighted by molar-refractivity contribution is 4.92. The molecule has 0 aromatic heterocycles. The van der Waals surface area contributed by atoms with Gasteiger partial charge >= 0.3 is 0 Å². The van der Waals surface area contributed by atoms with Gasteiger partial charge in [-0.05, 0) is 62.9 Å². The standard InChI is InChI=1S/C13H26N2/c1-2-12-7-13(12)15-9-11-5-3-10(8-14)4-6-11/h10-13,15H,2-9,14H2,1H3. The minimum absolute atomic E-state index is 0.825. The van der Waals surface area contributed by atoms with Gasteiger partial charge in [0.1, 0.15) is 0 Å². The first-order chi connectivity index (χ1) is 7.33. The summed E-state index contributed by atoms with van der Waals surface area (Å²) in [6.07, 6.45) is 8.32. The molecule has 0 aliphatic heterocycles. The summed E-state index contributed by atoms with van der Waals surface area (Å²) in [5.41, 5.74) is 5.70. The zero-order valence-corrected chi connectivity index (χ0v) is 10.0. The monoisotopic (exact) mass is 210 g/mol. The molecule has 2 rings (SSSR count). The van der Waals surface area contributed by atoms with E-state index in [2.05, 4.69) is 12.2 Å². The predicted molar refractivity (Wildman–Crippen MR) is 64.7 cm³/mol. The molecule has 0 amide bonds. The van der Waals surface area contributed by atoms with Gasteiger partial charge in [0.25, 0.3) is 0 Å². The number of nitrogens with one attached hydrogen (secondary N) is 1. The van der Waals surface area contributed by atoms with Crippen LogP contribution in [0.25, 0.3) is 0 Å². The Morgan fingerprint density at radius 1 is 1.13 bits per heavy atom. The average Bonchev–Trinajstić information content (AvgIpc) is 3.06. The zero-order chi connectivity index (χ0) is 10.7. The lowest BCUT2D eigenvalue weighted by Crippen LogP contribution is -2.30. The molecular weight excluding hydrogens is 184 g/mol. The fourth-order valence-electron chi connectivity index (χ4n) is 2.94. The molecule has 2 unspecified atom stereocenters. The van der Waals surface area contributed by atoms with Gasteiger partial charge in [-0.1, -0.05) is 13.3 Å². The van der Waals surface area contributed by atoms with Gasteiger partial charge in [-0.15, -0.1) is 0 Å². The van der Waals surface area contributed by atoms with Gasteiger partial charge in [-0.3, -0.25) is 0 Å². The van der Waals surface area contributed by atoms with Crippen molar-refractivity contribution in [3.8, 4) is 0 Å². The Balaban J connectivity index is 1.57. The lowest BCUT2D eigenvalue weighted by molar-refractivity contribution is 0.271. The van der Waals surface area contributed by atoms with E-state index in [1.807, 2.05) is 0 Å². The average molecular weight is 210 g/mol. The molecule has 0 saturated heterocycles. The third-order valence-electron chi connectivity index (χ3n) is 4.42. The van der Waals surface area contributed by atoms with Crippen LogP contribution in [0, 0.1) is 17.8 Å². The van der Waals surface area contributed by atoms with Gasteiger partial charge in [0.15, 0.2) is 0 Å². The Labute approximate surface area is 94.0 Å². The third kappa shape index (κ3) is 3.18. The first kappa shape index (κ1) is 11.4. The molecule has 3 N–H and O–H groups in total. The van der Waals surface area contributed by atoms with E-state index in [-0.39, 0.29) is 0 Å². The summed E-state index contributed by atoms with van der Waals surface area (Å²) >= 11 is 0. The van der Waals surface area contributed by atoms with Gasteiger partial charge in [-0.25, -0.2) is 0 Å². The van der Waals surface area contributed by atoms with Crippen molar-refractivity contribution in [3.05, 3.63) is 0 Å². The molecule has 2 saturated carbocycles. The van der Waals surface area contributed by atoms with E-state index in [0.29, 0.717) is 0 Å². The molecule has 0 bridgehead atoms. The van der Waals surface area contributed by atoms with Crippen molar-refractivity contribution in [1.82, 2.24) is 5.32 Å². The normalized spacial score (nSPS) is 40.4. The second-order valence-corrected chi connectivity index (χ2v) is 5.54. The Hall–Kier alpha value is -0.0800. The Bertz CT molecular complexity index is 185. The molecule has 15 heavy (non-hydrogen) atoms. The summed E-state index contributed by atoms with van der Waals surface area (Å²) in [5, 5.41) is 3.73. The lowest BCUT2D eigenvalue weighted by atomic mass is 9.82. The maximum Gasteiger partial charge on any atom is 0.00991 e. The van der Waals surface area contributed by atoms with Crippen LogP contribution in [0.1, 0.15) is 45.4 Å². The summed E-state index contributed by atoms with van der Waals surface area (Å²) in [6.45, 7) is 4.47. The molecule has 88 valence electrons. The Kier molecular flexibility index (Phi) is 4.04. The van der Waals surface area contributed by atoms with Crippen molar-refractivity contribution >= 4 is 0 Å².